The summed E-state index contributed by atoms with van der Waals surface area (Å²) in [6.07, 6.45) is 1.46. The average Bonchev–Trinajstić information content (AvgIpc) is 3.21. The van der Waals surface area contributed by atoms with Crippen LogP contribution < -0.4 is 15.5 Å². The van der Waals surface area contributed by atoms with E-state index < -0.39 is 0 Å². The molecule has 29 heavy (non-hydrogen) atoms. The number of benzene rings is 2. The Morgan fingerprint density at radius 3 is 2.55 bits per heavy atom. The molecule has 4 aromatic rings. The maximum absolute atomic E-state index is 10.0. The van der Waals surface area contributed by atoms with Crippen LogP contribution in [0.5, 0.6) is 11.5 Å². The number of rotatable bonds is 7. The number of nitrogens with one attached hydrogen (secondary N) is 2. The average molecular weight is 391 g/mol. The molecule has 0 unspecified atom stereocenters. The van der Waals surface area contributed by atoms with Gasteiger partial charge in [-0.2, -0.15) is 10.1 Å². The Labute approximate surface area is 165 Å². The summed E-state index contributed by atoms with van der Waals surface area (Å²) in [6, 6.07) is 14.8. The Balaban J connectivity index is 1.55. The molecule has 2 aromatic carbocycles. The quantitative estimate of drug-likeness (QED) is 0.321. The van der Waals surface area contributed by atoms with Gasteiger partial charge in [0.1, 0.15) is 11.5 Å². The van der Waals surface area contributed by atoms with Crippen molar-refractivity contribution in [3.63, 3.8) is 0 Å². The van der Waals surface area contributed by atoms with Gasteiger partial charge in [0, 0.05) is 18.2 Å². The molecule has 0 aliphatic carbocycles. The zero-order chi connectivity index (χ0) is 20.1. The Morgan fingerprint density at radius 1 is 1.07 bits per heavy atom. The van der Waals surface area contributed by atoms with Gasteiger partial charge in [-0.1, -0.05) is 30.3 Å². The molecule has 0 radical (unpaired) electrons. The SMILES string of the molecule is COc1ccc(C=NNc2nc3nonc3nc2NCc2ccccc2)c(O)c1. The van der Waals surface area contributed by atoms with Crippen molar-refractivity contribution in [2.45, 2.75) is 6.54 Å². The Morgan fingerprint density at radius 2 is 1.83 bits per heavy atom. The lowest BCUT2D eigenvalue weighted by molar-refractivity contribution is 0.314. The highest BCUT2D eigenvalue weighted by molar-refractivity contribution is 5.84. The largest absolute Gasteiger partial charge is 0.507 e. The Hall–Kier alpha value is -4.21. The predicted molar refractivity (Wildman–Crippen MR) is 107 cm³/mol. The third-order valence-corrected chi connectivity index (χ3v) is 4.03. The summed E-state index contributed by atoms with van der Waals surface area (Å²) >= 11 is 0. The maximum atomic E-state index is 10.0. The molecule has 0 fully saturated rings. The van der Waals surface area contributed by atoms with E-state index in [2.05, 4.69) is 40.8 Å². The molecule has 3 N–H and O–H groups in total. The molecule has 2 heterocycles. The molecule has 0 saturated carbocycles. The van der Waals surface area contributed by atoms with E-state index >= 15 is 0 Å². The lowest BCUT2D eigenvalue weighted by atomic mass is 10.2. The third kappa shape index (κ3) is 4.21. The second-order valence-electron chi connectivity index (χ2n) is 5.97. The number of aromatic hydroxyl groups is 1. The molecule has 0 atom stereocenters. The van der Waals surface area contributed by atoms with Gasteiger partial charge in [0.05, 0.1) is 13.3 Å². The van der Waals surface area contributed by atoms with Crippen LogP contribution >= 0.6 is 0 Å². The number of anilines is 2. The number of methoxy groups -OCH3 is 1. The van der Waals surface area contributed by atoms with Crippen LogP contribution in [0.1, 0.15) is 11.1 Å². The molecule has 4 rings (SSSR count). The molecular weight excluding hydrogens is 374 g/mol. The standard InChI is InChI=1S/C19H17N7O3/c1-28-14-8-7-13(15(27)9-14)11-21-24-17-16(20-10-12-5-3-2-4-6-12)22-18-19(23-17)26-29-25-18/h2-9,11,27H,10H2,1H3,(H,20,22,25)(H,23,24,26). The highest BCUT2D eigenvalue weighted by Gasteiger charge is 2.12. The molecule has 0 amide bonds. The van der Waals surface area contributed by atoms with Crippen molar-refractivity contribution in [2.24, 2.45) is 5.10 Å². The first-order valence-electron chi connectivity index (χ1n) is 8.67. The fourth-order valence-electron chi connectivity index (χ4n) is 2.54. The maximum Gasteiger partial charge on any atom is 0.245 e. The molecule has 0 aliphatic rings. The second kappa shape index (κ2) is 8.21. The van der Waals surface area contributed by atoms with Crippen LogP contribution in [0.25, 0.3) is 11.3 Å². The monoisotopic (exact) mass is 391 g/mol. The van der Waals surface area contributed by atoms with Gasteiger partial charge in [0.15, 0.2) is 11.6 Å². The summed E-state index contributed by atoms with van der Waals surface area (Å²) in [4.78, 5) is 8.70. The van der Waals surface area contributed by atoms with Crippen molar-refractivity contribution in [2.75, 3.05) is 17.9 Å². The second-order valence-corrected chi connectivity index (χ2v) is 5.97. The number of hydrogen-bond acceptors (Lipinski definition) is 10. The van der Waals surface area contributed by atoms with E-state index in [1.807, 2.05) is 30.3 Å². The number of ether oxygens (including phenoxy) is 1. The summed E-state index contributed by atoms with van der Waals surface area (Å²) in [5, 5.41) is 24.8. The van der Waals surface area contributed by atoms with Gasteiger partial charge in [-0.25, -0.2) is 9.61 Å². The van der Waals surface area contributed by atoms with Crippen LogP contribution in [0.3, 0.4) is 0 Å². The van der Waals surface area contributed by atoms with Gasteiger partial charge in [-0.3, -0.25) is 5.43 Å². The van der Waals surface area contributed by atoms with Gasteiger partial charge in [0.2, 0.25) is 11.3 Å². The molecule has 10 nitrogen and oxygen atoms in total. The van der Waals surface area contributed by atoms with Crippen LogP contribution in [-0.4, -0.2) is 38.7 Å². The first-order valence-corrected chi connectivity index (χ1v) is 8.67. The van der Waals surface area contributed by atoms with Crippen molar-refractivity contribution in [3.05, 3.63) is 59.7 Å². The van der Waals surface area contributed by atoms with E-state index in [-0.39, 0.29) is 17.0 Å². The van der Waals surface area contributed by atoms with Gasteiger partial charge in [-0.05, 0) is 28.0 Å². The van der Waals surface area contributed by atoms with Crippen LogP contribution in [0.15, 0.2) is 58.3 Å². The summed E-state index contributed by atoms with van der Waals surface area (Å²) in [5.74, 6) is 1.37. The fraction of sp³-hybridized carbons (Fsp3) is 0.105. The van der Waals surface area contributed by atoms with Crippen LogP contribution in [0.2, 0.25) is 0 Å². The van der Waals surface area contributed by atoms with Crippen LogP contribution in [0, 0.1) is 0 Å². The van der Waals surface area contributed by atoms with Crippen molar-refractivity contribution in [1.82, 2.24) is 20.3 Å². The van der Waals surface area contributed by atoms with Crippen molar-refractivity contribution in [3.8, 4) is 11.5 Å². The Bertz CT molecular complexity index is 1150. The molecule has 0 aliphatic heterocycles. The molecular formula is C19H17N7O3. The minimum atomic E-state index is 0.0413. The topological polar surface area (TPSA) is 131 Å². The normalized spacial score (nSPS) is 11.1. The zero-order valence-electron chi connectivity index (χ0n) is 15.4. The van der Waals surface area contributed by atoms with Gasteiger partial charge in [-0.15, -0.1) is 0 Å². The fourth-order valence-corrected chi connectivity index (χ4v) is 2.54. The van der Waals surface area contributed by atoms with Crippen LogP contribution in [-0.2, 0) is 6.54 Å². The van der Waals surface area contributed by atoms with Crippen LogP contribution in [0.4, 0.5) is 11.6 Å². The van der Waals surface area contributed by atoms with Gasteiger partial charge in [0.25, 0.3) is 0 Å². The highest BCUT2D eigenvalue weighted by atomic mass is 16.6. The molecule has 2 aromatic heterocycles. The minimum Gasteiger partial charge on any atom is -0.507 e. The van der Waals surface area contributed by atoms with Crippen molar-refractivity contribution in [1.29, 1.82) is 0 Å². The number of hydrogen-bond donors (Lipinski definition) is 3. The molecule has 146 valence electrons. The smallest absolute Gasteiger partial charge is 0.245 e. The minimum absolute atomic E-state index is 0.0413. The van der Waals surface area contributed by atoms with Gasteiger partial charge >= 0.3 is 0 Å². The number of hydrazone groups is 1. The summed E-state index contributed by atoms with van der Waals surface area (Å²) in [7, 11) is 1.53. The first-order chi connectivity index (χ1) is 14.2. The number of nitrogens with zero attached hydrogens (tertiary/aromatic N) is 5. The van der Waals surface area contributed by atoms with Gasteiger partial charge < -0.3 is 15.2 Å². The lowest BCUT2D eigenvalue weighted by Crippen LogP contribution is -2.07. The summed E-state index contributed by atoms with van der Waals surface area (Å²) in [5.41, 5.74) is 4.93. The van der Waals surface area contributed by atoms with Crippen molar-refractivity contribution >= 4 is 29.1 Å². The molecule has 10 heteroatoms. The van der Waals surface area contributed by atoms with E-state index in [0.717, 1.165) is 5.56 Å². The van der Waals surface area contributed by atoms with E-state index in [0.29, 0.717) is 29.5 Å². The Kier molecular flexibility index (Phi) is 5.14. The number of aromatic nitrogens is 4. The molecule has 0 saturated heterocycles. The van der Waals surface area contributed by atoms with E-state index in [1.54, 1.807) is 12.1 Å². The third-order valence-electron chi connectivity index (χ3n) is 4.03. The molecule has 0 bridgehead atoms. The lowest BCUT2D eigenvalue weighted by Gasteiger charge is -2.09. The number of phenolic OH excluding ortho intramolecular Hbond substituents is 1. The predicted octanol–water partition coefficient (Wildman–Crippen LogP) is 2.79. The first kappa shape index (κ1) is 18.2. The molecule has 0 spiro atoms. The van der Waals surface area contributed by atoms with E-state index in [4.69, 9.17) is 4.74 Å². The zero-order valence-corrected chi connectivity index (χ0v) is 15.4. The van der Waals surface area contributed by atoms with E-state index in [9.17, 15) is 5.11 Å². The number of phenols is 1. The summed E-state index contributed by atoms with van der Waals surface area (Å²) in [6.45, 7) is 0.532. The summed E-state index contributed by atoms with van der Waals surface area (Å²) < 4.78 is 9.75. The van der Waals surface area contributed by atoms with Crippen molar-refractivity contribution < 1.29 is 14.5 Å². The number of fused-ring (bicyclic) bond motifs is 1. The highest BCUT2D eigenvalue weighted by Crippen LogP contribution is 2.23. The van der Waals surface area contributed by atoms with E-state index in [1.165, 1.54) is 19.4 Å².